The van der Waals surface area contributed by atoms with Gasteiger partial charge in [-0.3, -0.25) is 0 Å². The minimum atomic E-state index is -0.183. The number of aliphatic hydroxyl groups excluding tert-OH is 1. The van der Waals surface area contributed by atoms with Crippen molar-refractivity contribution in [2.45, 2.75) is 32.0 Å². The Morgan fingerprint density at radius 3 is 3.05 bits per heavy atom. The van der Waals surface area contributed by atoms with Crippen molar-refractivity contribution in [3.05, 3.63) is 22.5 Å². The molecular formula is C14H13NO2S2. The van der Waals surface area contributed by atoms with Crippen LogP contribution in [0.15, 0.2) is 17.5 Å². The Hall–Kier alpha value is -1.17. The highest BCUT2D eigenvalue weighted by atomic mass is 32.1. The smallest absolute Gasteiger partial charge is 0.129 e. The van der Waals surface area contributed by atoms with Crippen LogP contribution in [0.4, 0.5) is 0 Å². The lowest BCUT2D eigenvalue weighted by Gasteiger charge is -2.31. The van der Waals surface area contributed by atoms with Crippen LogP contribution in [0.5, 0.6) is 5.75 Å². The molecule has 0 atom stereocenters. The fourth-order valence-corrected chi connectivity index (χ4v) is 4.33. The predicted molar refractivity (Wildman–Crippen MR) is 79.4 cm³/mol. The van der Waals surface area contributed by atoms with Crippen molar-refractivity contribution in [2.24, 2.45) is 0 Å². The first-order valence-corrected chi connectivity index (χ1v) is 8.02. The lowest BCUT2D eigenvalue weighted by Crippen LogP contribution is -2.37. The summed E-state index contributed by atoms with van der Waals surface area (Å²) in [7, 11) is 0. The van der Waals surface area contributed by atoms with E-state index in [1.54, 1.807) is 22.7 Å². The first-order chi connectivity index (χ1) is 9.20. The van der Waals surface area contributed by atoms with Gasteiger partial charge in [-0.05, 0) is 18.4 Å². The van der Waals surface area contributed by atoms with Crippen LogP contribution in [-0.4, -0.2) is 22.3 Å². The summed E-state index contributed by atoms with van der Waals surface area (Å²) in [5.74, 6) is 0.935. The van der Waals surface area contributed by atoms with Crippen LogP contribution in [0.2, 0.25) is 0 Å². The lowest BCUT2D eigenvalue weighted by atomic mass is 9.92. The topological polar surface area (TPSA) is 42.4 Å². The van der Waals surface area contributed by atoms with E-state index in [1.165, 1.54) is 9.40 Å². The summed E-state index contributed by atoms with van der Waals surface area (Å²) >= 11 is 3.42. The van der Waals surface area contributed by atoms with Gasteiger partial charge in [0.15, 0.2) is 0 Å². The van der Waals surface area contributed by atoms with Gasteiger partial charge in [-0.15, -0.1) is 22.7 Å². The molecule has 0 bridgehead atoms. The molecule has 1 fully saturated rings. The zero-order chi connectivity index (χ0) is 13.0. The van der Waals surface area contributed by atoms with E-state index in [9.17, 15) is 5.11 Å². The van der Waals surface area contributed by atoms with Crippen LogP contribution in [0.1, 0.15) is 17.8 Å². The maximum absolute atomic E-state index is 9.36. The van der Waals surface area contributed by atoms with E-state index < -0.39 is 0 Å². The second kappa shape index (κ2) is 4.16. The highest BCUT2D eigenvalue weighted by Gasteiger charge is 2.29. The summed E-state index contributed by atoms with van der Waals surface area (Å²) in [5.41, 5.74) is 1.09. The summed E-state index contributed by atoms with van der Waals surface area (Å²) < 4.78 is 8.42. The number of aliphatic hydroxyl groups is 1. The van der Waals surface area contributed by atoms with Gasteiger partial charge in [0.25, 0.3) is 0 Å². The minimum absolute atomic E-state index is 0.157. The van der Waals surface area contributed by atoms with Gasteiger partial charge in [0.1, 0.15) is 11.9 Å². The van der Waals surface area contributed by atoms with Crippen molar-refractivity contribution < 1.29 is 9.84 Å². The second-order valence-electron chi connectivity index (χ2n) is 4.98. The summed E-state index contributed by atoms with van der Waals surface area (Å²) in [4.78, 5) is 4.61. The number of thiophene rings is 1. The van der Waals surface area contributed by atoms with E-state index in [-0.39, 0.29) is 12.2 Å². The van der Waals surface area contributed by atoms with Gasteiger partial charge < -0.3 is 9.84 Å². The lowest BCUT2D eigenvalue weighted by molar-refractivity contribution is -0.00997. The molecule has 3 aromatic rings. The summed E-state index contributed by atoms with van der Waals surface area (Å²) in [6.45, 7) is 2.03. The largest absolute Gasteiger partial charge is 0.489 e. The van der Waals surface area contributed by atoms with Crippen LogP contribution in [-0.2, 0) is 0 Å². The van der Waals surface area contributed by atoms with Gasteiger partial charge in [0.05, 0.1) is 26.0 Å². The Morgan fingerprint density at radius 2 is 2.26 bits per heavy atom. The molecule has 2 aromatic heterocycles. The third kappa shape index (κ3) is 1.84. The van der Waals surface area contributed by atoms with Gasteiger partial charge in [-0.2, -0.15) is 0 Å². The average molecular weight is 291 g/mol. The van der Waals surface area contributed by atoms with E-state index >= 15 is 0 Å². The molecule has 1 saturated carbocycles. The van der Waals surface area contributed by atoms with Crippen LogP contribution in [0, 0.1) is 6.92 Å². The van der Waals surface area contributed by atoms with Crippen molar-refractivity contribution in [1.29, 1.82) is 0 Å². The number of hydrogen-bond acceptors (Lipinski definition) is 5. The molecule has 1 N–H and O–H groups in total. The monoisotopic (exact) mass is 291 g/mol. The van der Waals surface area contributed by atoms with Crippen LogP contribution in [0.25, 0.3) is 20.3 Å². The molecule has 2 heterocycles. The van der Waals surface area contributed by atoms with E-state index in [2.05, 4.69) is 22.5 Å². The summed E-state index contributed by atoms with van der Waals surface area (Å²) in [5, 5.41) is 13.7. The van der Waals surface area contributed by atoms with Gasteiger partial charge >= 0.3 is 0 Å². The molecule has 0 aliphatic heterocycles. The number of benzene rings is 1. The van der Waals surface area contributed by atoms with Crippen LogP contribution >= 0.6 is 22.7 Å². The second-order valence-corrected chi connectivity index (χ2v) is 7.13. The molecule has 1 aliphatic carbocycles. The first kappa shape index (κ1) is 11.6. The molecule has 0 radical (unpaired) electrons. The third-order valence-corrected chi connectivity index (χ3v) is 5.37. The SMILES string of the molecule is Cc1nc2c(cc(OC3CC(O)C3)c3ccsc32)s1. The number of ether oxygens (including phenoxy) is 1. The number of aryl methyl sites for hydroxylation is 1. The summed E-state index contributed by atoms with van der Waals surface area (Å²) in [6, 6.07) is 4.19. The first-order valence-electron chi connectivity index (χ1n) is 6.33. The Labute approximate surface area is 118 Å². The fraction of sp³-hybridized carbons (Fsp3) is 0.357. The molecule has 3 nitrogen and oxygen atoms in total. The molecule has 0 saturated heterocycles. The quantitative estimate of drug-likeness (QED) is 0.782. The van der Waals surface area contributed by atoms with Crippen molar-refractivity contribution in [2.75, 3.05) is 0 Å². The zero-order valence-corrected chi connectivity index (χ0v) is 12.1. The molecule has 5 heteroatoms. The number of fused-ring (bicyclic) bond motifs is 3. The number of hydrogen-bond donors (Lipinski definition) is 1. The van der Waals surface area contributed by atoms with Gasteiger partial charge in [0.2, 0.25) is 0 Å². The van der Waals surface area contributed by atoms with Crippen molar-refractivity contribution in [1.82, 2.24) is 4.98 Å². The predicted octanol–water partition coefficient (Wildman–Crippen LogP) is 3.72. The van der Waals surface area contributed by atoms with Gasteiger partial charge in [-0.1, -0.05) is 0 Å². The molecular weight excluding hydrogens is 278 g/mol. The van der Waals surface area contributed by atoms with E-state index in [0.29, 0.717) is 0 Å². The minimum Gasteiger partial charge on any atom is -0.489 e. The third-order valence-electron chi connectivity index (χ3n) is 3.53. The molecule has 1 aliphatic rings. The number of aromatic nitrogens is 1. The molecule has 19 heavy (non-hydrogen) atoms. The maximum atomic E-state index is 9.36. The van der Waals surface area contributed by atoms with E-state index in [0.717, 1.165) is 34.5 Å². The van der Waals surface area contributed by atoms with Crippen LogP contribution in [0.3, 0.4) is 0 Å². The molecule has 0 unspecified atom stereocenters. The van der Waals surface area contributed by atoms with Crippen molar-refractivity contribution >= 4 is 43.0 Å². The highest BCUT2D eigenvalue weighted by Crippen LogP contribution is 2.40. The van der Waals surface area contributed by atoms with Gasteiger partial charge in [-0.25, -0.2) is 4.98 Å². The summed E-state index contributed by atoms with van der Waals surface area (Å²) in [6.07, 6.45) is 1.46. The van der Waals surface area contributed by atoms with Crippen molar-refractivity contribution in [3.63, 3.8) is 0 Å². The molecule has 0 amide bonds. The average Bonchev–Trinajstić information content (AvgIpc) is 2.91. The Bertz CT molecular complexity index is 755. The fourth-order valence-electron chi connectivity index (χ4n) is 2.50. The van der Waals surface area contributed by atoms with Crippen molar-refractivity contribution in [3.8, 4) is 5.75 Å². The Morgan fingerprint density at radius 1 is 1.42 bits per heavy atom. The number of rotatable bonds is 2. The standard InChI is InChI=1S/C14H13NO2S2/c1-7-15-13-12(19-7)6-11(10-2-3-18-14(10)13)17-9-4-8(16)5-9/h2-3,6,8-9,16H,4-5H2,1H3. The zero-order valence-electron chi connectivity index (χ0n) is 10.4. The Balaban J connectivity index is 1.85. The Kier molecular flexibility index (Phi) is 2.55. The maximum Gasteiger partial charge on any atom is 0.129 e. The normalized spacial score (nSPS) is 22.8. The number of nitrogens with zero attached hydrogens (tertiary/aromatic N) is 1. The molecule has 4 rings (SSSR count). The van der Waals surface area contributed by atoms with Crippen LogP contribution < -0.4 is 4.74 Å². The molecule has 98 valence electrons. The van der Waals surface area contributed by atoms with E-state index in [4.69, 9.17) is 4.74 Å². The van der Waals surface area contributed by atoms with Gasteiger partial charge in [0, 0.05) is 24.3 Å². The molecule has 1 aromatic carbocycles. The molecule has 0 spiro atoms. The highest BCUT2D eigenvalue weighted by molar-refractivity contribution is 7.21. The van der Waals surface area contributed by atoms with E-state index in [1.807, 2.05) is 6.92 Å². The number of thiazole rings is 1.